The van der Waals surface area contributed by atoms with Crippen LogP contribution in [0.5, 0.6) is 0 Å². The van der Waals surface area contributed by atoms with Gasteiger partial charge < -0.3 is 15.8 Å². The zero-order valence-corrected chi connectivity index (χ0v) is 14.3. The zero-order chi connectivity index (χ0) is 17.7. The molecule has 2 aromatic rings. The molecule has 126 valence electrons. The lowest BCUT2D eigenvalue weighted by Gasteiger charge is -2.13. The van der Waals surface area contributed by atoms with Crippen molar-refractivity contribution in [1.82, 2.24) is 0 Å². The Balaban J connectivity index is 1.94. The first-order valence-corrected chi connectivity index (χ1v) is 8.25. The first-order chi connectivity index (χ1) is 11.4. The number of hydrogen-bond donors (Lipinski definition) is 2. The molecule has 0 radical (unpaired) electrons. The van der Waals surface area contributed by atoms with E-state index < -0.39 is 23.9 Å². The van der Waals surface area contributed by atoms with Crippen LogP contribution >= 0.6 is 22.9 Å². The van der Waals surface area contributed by atoms with Crippen molar-refractivity contribution in [1.29, 1.82) is 0 Å². The van der Waals surface area contributed by atoms with Gasteiger partial charge in [0.2, 0.25) is 0 Å². The molecule has 2 rings (SSSR count). The monoisotopic (exact) mass is 366 g/mol. The molecular weight excluding hydrogens is 352 g/mol. The van der Waals surface area contributed by atoms with Crippen LogP contribution in [0.1, 0.15) is 22.8 Å². The predicted octanol–water partition coefficient (Wildman–Crippen LogP) is 2.61. The topological polar surface area (TPSA) is 98.5 Å². The van der Waals surface area contributed by atoms with Gasteiger partial charge in [-0.05, 0) is 30.0 Å². The molecule has 3 N–H and O–H groups in total. The Kier molecular flexibility index (Phi) is 5.94. The number of nitrogens with two attached hydrogens (primary N) is 1. The van der Waals surface area contributed by atoms with E-state index >= 15 is 0 Å². The molecule has 1 atom stereocenters. The maximum absolute atomic E-state index is 12.1. The maximum Gasteiger partial charge on any atom is 0.311 e. The minimum absolute atomic E-state index is 0.0389. The minimum atomic E-state index is -1.03. The molecule has 0 fully saturated rings. The molecule has 8 heteroatoms. The second kappa shape index (κ2) is 7.94. The molecule has 0 aliphatic rings. The van der Waals surface area contributed by atoms with Crippen molar-refractivity contribution in [2.45, 2.75) is 19.4 Å². The van der Waals surface area contributed by atoms with Crippen molar-refractivity contribution in [3.8, 4) is 0 Å². The normalized spacial score (nSPS) is 11.6. The van der Waals surface area contributed by atoms with Crippen LogP contribution < -0.4 is 11.1 Å². The molecule has 1 aromatic heterocycles. The standard InChI is InChI=1S/C16H15ClN2O4S/c1-9(15(22)19-16-11(14(18)21)6-7-24-16)23-13(20)8-10-4-2-3-5-12(10)17/h2-7,9H,8H2,1H3,(H2,18,21)(H,19,22)/t9-/m1/s1. The Hall–Kier alpha value is -2.38. The van der Waals surface area contributed by atoms with Crippen molar-refractivity contribution in [3.05, 3.63) is 51.9 Å². The van der Waals surface area contributed by atoms with Crippen molar-refractivity contribution in [3.63, 3.8) is 0 Å². The van der Waals surface area contributed by atoms with Gasteiger partial charge in [0.25, 0.3) is 11.8 Å². The molecular formula is C16H15ClN2O4S. The Morgan fingerprint density at radius 2 is 2.00 bits per heavy atom. The van der Waals surface area contributed by atoms with Gasteiger partial charge in [0.15, 0.2) is 6.10 Å². The molecule has 0 saturated heterocycles. The molecule has 0 unspecified atom stereocenters. The highest BCUT2D eigenvalue weighted by atomic mass is 35.5. The van der Waals surface area contributed by atoms with E-state index in [1.807, 2.05) is 0 Å². The summed E-state index contributed by atoms with van der Waals surface area (Å²) in [5.41, 5.74) is 6.04. The van der Waals surface area contributed by atoms with E-state index in [2.05, 4.69) is 5.32 Å². The number of anilines is 1. The Labute approximate surface area is 147 Å². The van der Waals surface area contributed by atoms with Crippen molar-refractivity contribution in [2.75, 3.05) is 5.32 Å². The van der Waals surface area contributed by atoms with Crippen LogP contribution in [0.25, 0.3) is 0 Å². The van der Waals surface area contributed by atoms with E-state index in [1.165, 1.54) is 13.0 Å². The summed E-state index contributed by atoms with van der Waals surface area (Å²) >= 11 is 7.14. The average Bonchev–Trinajstić information content (AvgIpc) is 2.97. The van der Waals surface area contributed by atoms with Crippen LogP contribution in [0.4, 0.5) is 5.00 Å². The molecule has 0 spiro atoms. The van der Waals surface area contributed by atoms with E-state index in [9.17, 15) is 14.4 Å². The summed E-state index contributed by atoms with van der Waals surface area (Å²) in [6, 6.07) is 8.40. The number of rotatable bonds is 6. The lowest BCUT2D eigenvalue weighted by Crippen LogP contribution is -2.31. The van der Waals surface area contributed by atoms with Gasteiger partial charge in [0, 0.05) is 5.02 Å². The highest BCUT2D eigenvalue weighted by Crippen LogP contribution is 2.23. The van der Waals surface area contributed by atoms with E-state index in [0.29, 0.717) is 15.6 Å². The molecule has 0 saturated carbocycles. The van der Waals surface area contributed by atoms with Crippen LogP contribution in [-0.4, -0.2) is 23.9 Å². The third kappa shape index (κ3) is 4.56. The van der Waals surface area contributed by atoms with Crippen LogP contribution in [0.15, 0.2) is 35.7 Å². The number of carbonyl (C=O) groups excluding carboxylic acids is 3. The van der Waals surface area contributed by atoms with Crippen LogP contribution in [0.2, 0.25) is 5.02 Å². The van der Waals surface area contributed by atoms with Crippen LogP contribution in [0, 0.1) is 0 Å². The lowest BCUT2D eigenvalue weighted by atomic mass is 10.1. The van der Waals surface area contributed by atoms with Crippen LogP contribution in [0.3, 0.4) is 0 Å². The summed E-state index contributed by atoms with van der Waals surface area (Å²) in [5.74, 6) is -1.77. The van der Waals surface area contributed by atoms with Crippen LogP contribution in [-0.2, 0) is 20.7 Å². The Morgan fingerprint density at radius 1 is 1.29 bits per heavy atom. The van der Waals surface area contributed by atoms with E-state index in [-0.39, 0.29) is 12.0 Å². The van der Waals surface area contributed by atoms with Gasteiger partial charge in [-0.1, -0.05) is 29.8 Å². The number of nitrogens with one attached hydrogen (secondary N) is 1. The summed E-state index contributed by atoms with van der Waals surface area (Å²) in [4.78, 5) is 35.2. The molecule has 0 aliphatic heterocycles. The number of carbonyl (C=O) groups is 3. The summed E-state index contributed by atoms with van der Waals surface area (Å²) in [7, 11) is 0. The number of ether oxygens (including phenoxy) is 1. The fraction of sp³-hybridized carbons (Fsp3) is 0.188. The number of thiophene rings is 1. The quantitative estimate of drug-likeness (QED) is 0.767. The van der Waals surface area contributed by atoms with Crippen molar-refractivity contribution in [2.24, 2.45) is 5.73 Å². The average molecular weight is 367 g/mol. The second-order valence-electron chi connectivity index (χ2n) is 4.92. The summed E-state index contributed by atoms with van der Waals surface area (Å²) in [6.07, 6.45) is -1.06. The van der Waals surface area contributed by atoms with Gasteiger partial charge in [0.1, 0.15) is 5.00 Å². The molecule has 0 aliphatic carbocycles. The summed E-state index contributed by atoms with van der Waals surface area (Å²) in [5, 5.41) is 4.93. The van der Waals surface area contributed by atoms with E-state index in [1.54, 1.807) is 29.6 Å². The third-order valence-electron chi connectivity index (χ3n) is 3.14. The smallest absolute Gasteiger partial charge is 0.311 e. The summed E-state index contributed by atoms with van der Waals surface area (Å²) in [6.45, 7) is 1.44. The zero-order valence-electron chi connectivity index (χ0n) is 12.7. The Morgan fingerprint density at radius 3 is 2.67 bits per heavy atom. The van der Waals surface area contributed by atoms with Crippen molar-refractivity contribution < 1.29 is 19.1 Å². The van der Waals surface area contributed by atoms with Gasteiger partial charge in [0.05, 0.1) is 12.0 Å². The van der Waals surface area contributed by atoms with Gasteiger partial charge in [-0.15, -0.1) is 11.3 Å². The number of halogens is 1. The second-order valence-corrected chi connectivity index (χ2v) is 6.24. The van der Waals surface area contributed by atoms with Gasteiger partial charge >= 0.3 is 5.97 Å². The number of hydrogen-bond acceptors (Lipinski definition) is 5. The van der Waals surface area contributed by atoms with Gasteiger partial charge in [-0.3, -0.25) is 14.4 Å². The van der Waals surface area contributed by atoms with E-state index in [0.717, 1.165) is 11.3 Å². The molecule has 0 bridgehead atoms. The third-order valence-corrected chi connectivity index (χ3v) is 4.34. The number of esters is 1. The summed E-state index contributed by atoms with van der Waals surface area (Å²) < 4.78 is 5.10. The molecule has 1 aromatic carbocycles. The van der Waals surface area contributed by atoms with Gasteiger partial charge in [-0.2, -0.15) is 0 Å². The molecule has 2 amide bonds. The molecule has 1 heterocycles. The first-order valence-electron chi connectivity index (χ1n) is 6.99. The highest BCUT2D eigenvalue weighted by Gasteiger charge is 2.21. The first kappa shape index (κ1) is 18.0. The Bertz CT molecular complexity index is 775. The fourth-order valence-electron chi connectivity index (χ4n) is 1.90. The maximum atomic E-state index is 12.1. The van der Waals surface area contributed by atoms with Crippen molar-refractivity contribution >= 4 is 45.7 Å². The molecule has 6 nitrogen and oxygen atoms in total. The van der Waals surface area contributed by atoms with E-state index in [4.69, 9.17) is 22.1 Å². The highest BCUT2D eigenvalue weighted by molar-refractivity contribution is 7.14. The number of primary amides is 1. The number of amides is 2. The largest absolute Gasteiger partial charge is 0.452 e. The molecule has 24 heavy (non-hydrogen) atoms. The minimum Gasteiger partial charge on any atom is -0.452 e. The SMILES string of the molecule is C[C@@H](OC(=O)Cc1ccccc1Cl)C(=O)Nc1sccc1C(N)=O. The lowest BCUT2D eigenvalue weighted by molar-refractivity contribution is -0.152. The fourth-order valence-corrected chi connectivity index (χ4v) is 2.90. The predicted molar refractivity (Wildman–Crippen MR) is 92.2 cm³/mol. The van der Waals surface area contributed by atoms with Gasteiger partial charge in [-0.25, -0.2) is 0 Å². The number of benzene rings is 1.